The maximum absolute atomic E-state index is 12.4. The van der Waals surface area contributed by atoms with Gasteiger partial charge in [0.05, 0.1) is 12.3 Å². The van der Waals surface area contributed by atoms with Crippen LogP contribution in [0.15, 0.2) is 27.8 Å². The quantitative estimate of drug-likeness (QED) is 0.413. The Bertz CT molecular complexity index is 725. The summed E-state index contributed by atoms with van der Waals surface area (Å²) in [5.41, 5.74) is 0. The van der Waals surface area contributed by atoms with E-state index in [-0.39, 0.29) is 17.9 Å². The molecule has 2 fully saturated rings. The molecule has 0 spiro atoms. The normalized spacial score (nSPS) is 20.5. The Morgan fingerprint density at radius 3 is 2.57 bits per heavy atom. The first-order chi connectivity index (χ1) is 14.5. The molecule has 9 heteroatoms. The summed E-state index contributed by atoms with van der Waals surface area (Å²) in [5, 5.41) is 3.43. The summed E-state index contributed by atoms with van der Waals surface area (Å²) in [5.74, 6) is 1.40. The first-order valence-corrected chi connectivity index (χ1v) is 10.7. The van der Waals surface area contributed by atoms with Gasteiger partial charge in [-0.1, -0.05) is 0 Å². The van der Waals surface area contributed by atoms with Crippen molar-refractivity contribution < 1.29 is 14.0 Å². The Kier molecular flexibility index (Phi) is 7.73. The van der Waals surface area contributed by atoms with Crippen LogP contribution in [-0.2, 0) is 4.79 Å². The summed E-state index contributed by atoms with van der Waals surface area (Å²) in [4.78, 5) is 37.1. The summed E-state index contributed by atoms with van der Waals surface area (Å²) >= 11 is 0. The van der Waals surface area contributed by atoms with Crippen LogP contribution in [0.25, 0.3) is 0 Å². The SMILES string of the molecule is CN=C(NCCCN1CCCC1C(=O)N(C)C)N1CCN(C(=O)c2ccco2)CC1. The molecule has 2 aliphatic heterocycles. The van der Waals surface area contributed by atoms with E-state index >= 15 is 0 Å². The van der Waals surface area contributed by atoms with Crippen LogP contribution in [-0.4, -0.2) is 110 Å². The number of amides is 2. The molecule has 0 aliphatic carbocycles. The topological polar surface area (TPSA) is 84.6 Å². The van der Waals surface area contributed by atoms with Crippen molar-refractivity contribution in [3.8, 4) is 0 Å². The number of furan rings is 1. The number of guanidine groups is 1. The molecule has 1 aromatic rings. The summed E-state index contributed by atoms with van der Waals surface area (Å²) in [7, 11) is 5.44. The second-order valence-electron chi connectivity index (χ2n) is 8.01. The predicted octanol–water partition coefficient (Wildman–Crippen LogP) is 0.556. The number of aliphatic imine (C=N–C) groups is 1. The maximum atomic E-state index is 12.4. The Morgan fingerprint density at radius 1 is 1.20 bits per heavy atom. The minimum absolute atomic E-state index is 0.0269. The third-order valence-corrected chi connectivity index (χ3v) is 5.80. The molecule has 0 radical (unpaired) electrons. The van der Waals surface area contributed by atoms with Crippen molar-refractivity contribution in [1.82, 2.24) is 24.9 Å². The van der Waals surface area contributed by atoms with Crippen LogP contribution in [0.3, 0.4) is 0 Å². The van der Waals surface area contributed by atoms with Crippen molar-refractivity contribution in [2.45, 2.75) is 25.3 Å². The molecule has 1 unspecified atom stereocenters. The van der Waals surface area contributed by atoms with Gasteiger partial charge in [-0.2, -0.15) is 0 Å². The molecule has 30 heavy (non-hydrogen) atoms. The lowest BCUT2D eigenvalue weighted by Crippen LogP contribution is -2.54. The fourth-order valence-corrected chi connectivity index (χ4v) is 4.16. The molecule has 3 rings (SSSR count). The van der Waals surface area contributed by atoms with E-state index in [0.717, 1.165) is 57.9 Å². The average Bonchev–Trinajstić information content (AvgIpc) is 3.45. The average molecular weight is 419 g/mol. The highest BCUT2D eigenvalue weighted by Crippen LogP contribution is 2.18. The minimum Gasteiger partial charge on any atom is -0.459 e. The Balaban J connectivity index is 1.39. The molecule has 1 atom stereocenters. The zero-order valence-electron chi connectivity index (χ0n) is 18.3. The lowest BCUT2D eigenvalue weighted by molar-refractivity contribution is -0.133. The van der Waals surface area contributed by atoms with Gasteiger partial charge in [0, 0.05) is 60.4 Å². The van der Waals surface area contributed by atoms with E-state index in [2.05, 4.69) is 20.1 Å². The van der Waals surface area contributed by atoms with Gasteiger partial charge in [0.15, 0.2) is 11.7 Å². The number of likely N-dealkylation sites (N-methyl/N-ethyl adjacent to an activating group) is 1. The highest BCUT2D eigenvalue weighted by molar-refractivity contribution is 5.91. The van der Waals surface area contributed by atoms with E-state index in [1.165, 1.54) is 6.26 Å². The Morgan fingerprint density at radius 2 is 1.93 bits per heavy atom. The number of carbonyl (C=O) groups excluding carboxylic acids is 2. The van der Waals surface area contributed by atoms with Crippen molar-refractivity contribution in [2.75, 3.05) is 67.0 Å². The Hall–Kier alpha value is -2.55. The molecule has 1 aromatic heterocycles. The molecule has 2 amide bonds. The van der Waals surface area contributed by atoms with Crippen molar-refractivity contribution in [1.29, 1.82) is 0 Å². The van der Waals surface area contributed by atoms with Crippen LogP contribution < -0.4 is 5.32 Å². The fraction of sp³-hybridized carbons (Fsp3) is 0.667. The third kappa shape index (κ3) is 5.33. The number of hydrogen-bond donors (Lipinski definition) is 1. The highest BCUT2D eigenvalue weighted by atomic mass is 16.3. The van der Waals surface area contributed by atoms with Crippen LogP contribution in [0.2, 0.25) is 0 Å². The van der Waals surface area contributed by atoms with Crippen molar-refractivity contribution >= 4 is 17.8 Å². The van der Waals surface area contributed by atoms with Crippen molar-refractivity contribution in [2.24, 2.45) is 4.99 Å². The van der Waals surface area contributed by atoms with Gasteiger partial charge < -0.3 is 24.4 Å². The second-order valence-corrected chi connectivity index (χ2v) is 8.01. The monoisotopic (exact) mass is 418 g/mol. The van der Waals surface area contributed by atoms with E-state index in [1.807, 2.05) is 19.0 Å². The van der Waals surface area contributed by atoms with Gasteiger partial charge in [-0.25, -0.2) is 0 Å². The summed E-state index contributed by atoms with van der Waals surface area (Å²) < 4.78 is 5.22. The predicted molar refractivity (Wildman–Crippen MR) is 115 cm³/mol. The number of likely N-dealkylation sites (tertiary alicyclic amines) is 1. The summed E-state index contributed by atoms with van der Waals surface area (Å²) in [6.45, 7) is 5.45. The van der Waals surface area contributed by atoms with E-state index in [1.54, 1.807) is 24.1 Å². The first kappa shape index (κ1) is 22.1. The number of nitrogens with one attached hydrogen (secondary N) is 1. The van der Waals surface area contributed by atoms with Crippen LogP contribution >= 0.6 is 0 Å². The largest absolute Gasteiger partial charge is 0.459 e. The number of carbonyl (C=O) groups is 2. The lowest BCUT2D eigenvalue weighted by atomic mass is 10.2. The smallest absolute Gasteiger partial charge is 0.289 e. The molecular weight excluding hydrogens is 384 g/mol. The number of rotatable bonds is 6. The fourth-order valence-electron chi connectivity index (χ4n) is 4.16. The zero-order valence-corrected chi connectivity index (χ0v) is 18.3. The molecular formula is C21H34N6O3. The summed E-state index contributed by atoms with van der Waals surface area (Å²) in [6, 6.07) is 3.46. The van der Waals surface area contributed by atoms with Gasteiger partial charge in [0.1, 0.15) is 0 Å². The number of hydrogen-bond acceptors (Lipinski definition) is 5. The van der Waals surface area contributed by atoms with Crippen molar-refractivity contribution in [3.05, 3.63) is 24.2 Å². The summed E-state index contributed by atoms with van der Waals surface area (Å²) in [6.07, 6.45) is 4.51. The van der Waals surface area contributed by atoms with Crippen LogP contribution in [0, 0.1) is 0 Å². The van der Waals surface area contributed by atoms with E-state index < -0.39 is 0 Å². The second kappa shape index (κ2) is 10.5. The third-order valence-electron chi connectivity index (χ3n) is 5.80. The molecule has 2 saturated heterocycles. The van der Waals surface area contributed by atoms with Gasteiger partial charge in [-0.15, -0.1) is 0 Å². The van der Waals surface area contributed by atoms with E-state index in [0.29, 0.717) is 18.8 Å². The van der Waals surface area contributed by atoms with Crippen LogP contribution in [0.5, 0.6) is 0 Å². The number of nitrogens with zero attached hydrogens (tertiary/aromatic N) is 5. The molecule has 9 nitrogen and oxygen atoms in total. The number of piperazine rings is 1. The van der Waals surface area contributed by atoms with Gasteiger partial charge in [-0.05, 0) is 37.9 Å². The molecule has 166 valence electrons. The molecule has 1 N–H and O–H groups in total. The first-order valence-electron chi connectivity index (χ1n) is 10.7. The maximum Gasteiger partial charge on any atom is 0.289 e. The van der Waals surface area contributed by atoms with Crippen LogP contribution in [0.4, 0.5) is 0 Å². The Labute approximate surface area is 178 Å². The van der Waals surface area contributed by atoms with E-state index in [9.17, 15) is 9.59 Å². The van der Waals surface area contributed by atoms with Gasteiger partial charge in [0.25, 0.3) is 5.91 Å². The lowest BCUT2D eigenvalue weighted by Gasteiger charge is -2.36. The van der Waals surface area contributed by atoms with E-state index in [4.69, 9.17) is 4.42 Å². The molecule has 0 bridgehead atoms. The molecule has 3 heterocycles. The molecule has 2 aliphatic rings. The van der Waals surface area contributed by atoms with Gasteiger partial charge in [0.2, 0.25) is 5.91 Å². The highest BCUT2D eigenvalue weighted by Gasteiger charge is 2.31. The molecule has 0 saturated carbocycles. The van der Waals surface area contributed by atoms with Crippen molar-refractivity contribution in [3.63, 3.8) is 0 Å². The minimum atomic E-state index is -0.0602. The molecule has 0 aromatic carbocycles. The van der Waals surface area contributed by atoms with Gasteiger partial charge >= 0.3 is 0 Å². The standard InChI is InChI=1S/C21H34N6O3/c1-22-21(23-9-6-11-25-10-4-7-17(25)19(28)24(2)3)27-14-12-26(13-15-27)20(29)18-8-5-16-30-18/h5,8,16-17H,4,6-7,9-15H2,1-3H3,(H,22,23). The zero-order chi connectivity index (χ0) is 21.5. The van der Waals surface area contributed by atoms with Crippen LogP contribution in [0.1, 0.15) is 29.8 Å². The van der Waals surface area contributed by atoms with Gasteiger partial charge in [-0.3, -0.25) is 19.5 Å².